The lowest BCUT2D eigenvalue weighted by Crippen LogP contribution is -2.46. The van der Waals surface area contributed by atoms with Gasteiger partial charge in [-0.2, -0.15) is 5.10 Å². The number of hydrogen-bond donors (Lipinski definition) is 3. The fourth-order valence-corrected chi connectivity index (χ4v) is 2.04. The number of aromatic amines is 1. The van der Waals surface area contributed by atoms with E-state index in [1.807, 2.05) is 0 Å². The molecule has 0 bridgehead atoms. The van der Waals surface area contributed by atoms with Crippen molar-refractivity contribution in [3.05, 3.63) is 28.2 Å². The van der Waals surface area contributed by atoms with Gasteiger partial charge in [-0.1, -0.05) is 0 Å². The van der Waals surface area contributed by atoms with Gasteiger partial charge in [0.05, 0.1) is 5.41 Å². The maximum atomic E-state index is 11.8. The van der Waals surface area contributed by atoms with Crippen LogP contribution in [0.15, 0.2) is 16.9 Å². The Labute approximate surface area is 114 Å². The zero-order valence-electron chi connectivity index (χ0n) is 10.7. The van der Waals surface area contributed by atoms with E-state index in [4.69, 9.17) is 4.74 Å². The van der Waals surface area contributed by atoms with Gasteiger partial charge in [-0.25, -0.2) is 5.10 Å². The number of hydrogen-bond acceptors (Lipinski definition) is 5. The van der Waals surface area contributed by atoms with E-state index in [0.717, 1.165) is 0 Å². The van der Waals surface area contributed by atoms with Crippen LogP contribution in [-0.4, -0.2) is 46.9 Å². The molecule has 0 aromatic carbocycles. The molecule has 1 aliphatic heterocycles. The minimum Gasteiger partial charge on any atom is -0.481 e. The fraction of sp³-hybridized carbons (Fsp3) is 0.500. The number of nitrogens with one attached hydrogen (secondary N) is 2. The number of amides is 1. The zero-order chi connectivity index (χ0) is 14.6. The molecule has 8 nitrogen and oxygen atoms in total. The summed E-state index contributed by atoms with van der Waals surface area (Å²) in [6, 6.07) is 2.47. The van der Waals surface area contributed by atoms with Crippen molar-refractivity contribution >= 4 is 11.9 Å². The largest absolute Gasteiger partial charge is 0.481 e. The number of carbonyl (C=O) groups is 2. The van der Waals surface area contributed by atoms with E-state index in [1.165, 1.54) is 12.1 Å². The summed E-state index contributed by atoms with van der Waals surface area (Å²) in [5.74, 6) is -1.47. The third-order valence-electron chi connectivity index (χ3n) is 3.40. The molecule has 1 aliphatic rings. The lowest BCUT2D eigenvalue weighted by atomic mass is 9.80. The molecule has 1 fully saturated rings. The number of aliphatic carboxylic acids is 1. The number of nitrogens with zero attached hydrogens (tertiary/aromatic N) is 1. The SMILES string of the molecule is O=C(NCC1(C(=O)O)CCOCC1)c1ccc(=O)[nH]n1. The topological polar surface area (TPSA) is 121 Å². The predicted octanol–water partition coefficient (Wildman–Crippen LogP) is -0.619. The van der Waals surface area contributed by atoms with E-state index >= 15 is 0 Å². The van der Waals surface area contributed by atoms with Gasteiger partial charge in [0.1, 0.15) is 5.69 Å². The Kier molecular flexibility index (Phi) is 4.14. The number of aromatic nitrogens is 2. The van der Waals surface area contributed by atoms with E-state index in [-0.39, 0.29) is 12.2 Å². The minimum atomic E-state index is -1.00. The molecule has 1 amide bonds. The lowest BCUT2D eigenvalue weighted by Gasteiger charge is -2.33. The standard InChI is InChI=1S/C12H15N3O5/c16-9-2-1-8(14-15-9)10(17)13-7-12(11(18)19)3-5-20-6-4-12/h1-2H,3-7H2,(H,13,17)(H,15,16)(H,18,19). The number of ether oxygens (including phenoxy) is 1. The van der Waals surface area contributed by atoms with Crippen molar-refractivity contribution in [3.8, 4) is 0 Å². The number of rotatable bonds is 4. The van der Waals surface area contributed by atoms with Crippen LogP contribution in [0.25, 0.3) is 0 Å². The van der Waals surface area contributed by atoms with E-state index < -0.39 is 22.9 Å². The monoisotopic (exact) mass is 281 g/mol. The normalized spacial score (nSPS) is 17.4. The van der Waals surface area contributed by atoms with Crippen LogP contribution in [0.4, 0.5) is 0 Å². The van der Waals surface area contributed by atoms with E-state index in [9.17, 15) is 19.5 Å². The van der Waals surface area contributed by atoms with E-state index in [0.29, 0.717) is 26.1 Å². The number of carboxylic acid groups (broad SMARTS) is 1. The van der Waals surface area contributed by atoms with Crippen LogP contribution >= 0.6 is 0 Å². The van der Waals surface area contributed by atoms with Gasteiger partial charge in [0.25, 0.3) is 11.5 Å². The molecule has 1 aromatic rings. The van der Waals surface area contributed by atoms with Crippen molar-refractivity contribution in [2.45, 2.75) is 12.8 Å². The fourth-order valence-electron chi connectivity index (χ4n) is 2.04. The molecular weight excluding hydrogens is 266 g/mol. The average molecular weight is 281 g/mol. The molecule has 2 heterocycles. The van der Waals surface area contributed by atoms with E-state index in [2.05, 4.69) is 15.5 Å². The Morgan fingerprint density at radius 1 is 1.40 bits per heavy atom. The molecule has 0 aliphatic carbocycles. The van der Waals surface area contributed by atoms with Crippen LogP contribution in [0, 0.1) is 5.41 Å². The number of carbonyl (C=O) groups excluding carboxylic acids is 1. The van der Waals surface area contributed by atoms with Gasteiger partial charge in [-0.15, -0.1) is 0 Å². The second-order valence-electron chi connectivity index (χ2n) is 4.69. The smallest absolute Gasteiger partial charge is 0.311 e. The van der Waals surface area contributed by atoms with Crippen molar-refractivity contribution in [2.24, 2.45) is 5.41 Å². The zero-order valence-corrected chi connectivity index (χ0v) is 10.7. The molecular formula is C12H15N3O5. The van der Waals surface area contributed by atoms with Gasteiger partial charge in [-0.3, -0.25) is 14.4 Å². The highest BCUT2D eigenvalue weighted by Gasteiger charge is 2.40. The van der Waals surface area contributed by atoms with Crippen molar-refractivity contribution in [1.82, 2.24) is 15.5 Å². The maximum Gasteiger partial charge on any atom is 0.311 e. The summed E-state index contributed by atoms with van der Waals surface area (Å²) >= 11 is 0. The van der Waals surface area contributed by atoms with Gasteiger partial charge in [0.15, 0.2) is 0 Å². The molecule has 0 unspecified atom stereocenters. The first-order valence-corrected chi connectivity index (χ1v) is 6.19. The molecule has 1 saturated heterocycles. The molecule has 20 heavy (non-hydrogen) atoms. The first-order valence-electron chi connectivity index (χ1n) is 6.19. The summed E-state index contributed by atoms with van der Waals surface area (Å²) < 4.78 is 5.15. The quantitative estimate of drug-likeness (QED) is 0.676. The van der Waals surface area contributed by atoms with Crippen LogP contribution < -0.4 is 10.9 Å². The summed E-state index contributed by atoms with van der Waals surface area (Å²) in [7, 11) is 0. The van der Waals surface area contributed by atoms with Crippen LogP contribution in [0.5, 0.6) is 0 Å². The van der Waals surface area contributed by atoms with Crippen LogP contribution in [-0.2, 0) is 9.53 Å². The summed E-state index contributed by atoms with van der Waals surface area (Å²) in [5.41, 5.74) is -1.37. The minimum absolute atomic E-state index is 0.00529. The second-order valence-corrected chi connectivity index (χ2v) is 4.69. The Morgan fingerprint density at radius 3 is 2.65 bits per heavy atom. The third-order valence-corrected chi connectivity index (χ3v) is 3.40. The highest BCUT2D eigenvalue weighted by Crippen LogP contribution is 2.30. The molecule has 108 valence electrons. The second kappa shape index (κ2) is 5.83. The number of H-pyrrole nitrogens is 1. The first-order chi connectivity index (χ1) is 9.53. The molecule has 0 atom stereocenters. The van der Waals surface area contributed by atoms with E-state index in [1.54, 1.807) is 0 Å². The van der Waals surface area contributed by atoms with Crippen molar-refractivity contribution < 1.29 is 19.4 Å². The summed E-state index contributed by atoms with van der Waals surface area (Å²) in [6.45, 7) is 0.726. The Hall–Kier alpha value is -2.22. The van der Waals surface area contributed by atoms with Crippen molar-refractivity contribution in [1.29, 1.82) is 0 Å². The van der Waals surface area contributed by atoms with Gasteiger partial charge >= 0.3 is 5.97 Å². The Bertz CT molecular complexity index is 542. The van der Waals surface area contributed by atoms with Crippen molar-refractivity contribution in [2.75, 3.05) is 19.8 Å². The van der Waals surface area contributed by atoms with Crippen LogP contribution in [0.2, 0.25) is 0 Å². The van der Waals surface area contributed by atoms with Gasteiger partial charge in [0.2, 0.25) is 0 Å². The molecule has 0 spiro atoms. The highest BCUT2D eigenvalue weighted by molar-refractivity contribution is 5.92. The lowest BCUT2D eigenvalue weighted by molar-refractivity contribution is -0.154. The predicted molar refractivity (Wildman–Crippen MR) is 67.3 cm³/mol. The summed E-state index contributed by atoms with van der Waals surface area (Å²) in [6.07, 6.45) is 0.698. The summed E-state index contributed by atoms with van der Waals surface area (Å²) in [4.78, 5) is 34.1. The highest BCUT2D eigenvalue weighted by atomic mass is 16.5. The number of carboxylic acids is 1. The van der Waals surface area contributed by atoms with Crippen molar-refractivity contribution in [3.63, 3.8) is 0 Å². The molecule has 0 radical (unpaired) electrons. The average Bonchev–Trinajstić information content (AvgIpc) is 2.46. The maximum absolute atomic E-state index is 11.8. The van der Waals surface area contributed by atoms with Gasteiger partial charge in [0, 0.05) is 25.8 Å². The van der Waals surface area contributed by atoms with Gasteiger partial charge < -0.3 is 15.2 Å². The van der Waals surface area contributed by atoms with Gasteiger partial charge in [-0.05, 0) is 18.9 Å². The Balaban J connectivity index is 2.02. The van der Waals surface area contributed by atoms with Crippen LogP contribution in [0.3, 0.4) is 0 Å². The molecule has 8 heteroatoms. The third kappa shape index (κ3) is 3.02. The van der Waals surface area contributed by atoms with Crippen LogP contribution in [0.1, 0.15) is 23.3 Å². The molecule has 1 aromatic heterocycles. The molecule has 3 N–H and O–H groups in total. The molecule has 2 rings (SSSR count). The first kappa shape index (κ1) is 14.2. The summed E-state index contributed by atoms with van der Waals surface area (Å²) in [5, 5.41) is 17.6. The Morgan fingerprint density at radius 2 is 2.10 bits per heavy atom. The molecule has 0 saturated carbocycles.